The van der Waals surface area contributed by atoms with Crippen LogP contribution in [0.15, 0.2) is 0 Å². The summed E-state index contributed by atoms with van der Waals surface area (Å²) in [5, 5.41) is 3.78. The summed E-state index contributed by atoms with van der Waals surface area (Å²) in [4.78, 5) is 2.61. The number of nitrogens with one attached hydrogen (secondary N) is 1. The molecule has 1 aliphatic rings. The monoisotopic (exact) mass is 288 g/mol. The maximum absolute atomic E-state index is 11.5. The second kappa shape index (κ2) is 7.19. The molecule has 0 aromatic carbocycles. The Morgan fingerprint density at radius 1 is 1.32 bits per heavy atom. The summed E-state index contributed by atoms with van der Waals surface area (Å²) in [6.07, 6.45) is 4.13. The van der Waals surface area contributed by atoms with Crippen LogP contribution in [0.2, 0.25) is 0 Å². The van der Waals surface area contributed by atoms with Crippen LogP contribution in [-0.2, 0) is 10.8 Å². The standard InChI is InChI=1S/C15H32N2OS/c1-7-15(8-2)11-17(13(5)10-19(6)18)14(9-16-15)12(3)4/h12-14,16H,7-11H2,1-6H3. The van der Waals surface area contributed by atoms with Crippen molar-refractivity contribution in [2.24, 2.45) is 5.92 Å². The van der Waals surface area contributed by atoms with Crippen LogP contribution in [0.4, 0.5) is 0 Å². The van der Waals surface area contributed by atoms with Crippen molar-refractivity contribution in [1.82, 2.24) is 10.2 Å². The molecule has 114 valence electrons. The third-order valence-corrected chi connectivity index (χ3v) is 5.71. The Balaban J connectivity index is 2.87. The zero-order valence-electron chi connectivity index (χ0n) is 13.5. The van der Waals surface area contributed by atoms with Crippen LogP contribution in [0.5, 0.6) is 0 Å². The quantitative estimate of drug-likeness (QED) is 0.813. The average Bonchev–Trinajstić information content (AvgIpc) is 2.37. The highest BCUT2D eigenvalue weighted by Gasteiger charge is 2.39. The van der Waals surface area contributed by atoms with Crippen LogP contribution in [0.25, 0.3) is 0 Å². The number of nitrogens with zero attached hydrogens (tertiary/aromatic N) is 1. The van der Waals surface area contributed by atoms with Crippen LogP contribution in [-0.4, -0.2) is 51.8 Å². The third kappa shape index (κ3) is 4.27. The van der Waals surface area contributed by atoms with E-state index in [1.807, 2.05) is 6.26 Å². The van der Waals surface area contributed by atoms with E-state index in [2.05, 4.69) is 44.8 Å². The Kier molecular flexibility index (Phi) is 6.48. The van der Waals surface area contributed by atoms with Gasteiger partial charge in [-0.05, 0) is 25.7 Å². The highest BCUT2D eigenvalue weighted by molar-refractivity contribution is 7.84. The van der Waals surface area contributed by atoms with Gasteiger partial charge in [-0.25, -0.2) is 0 Å². The predicted octanol–water partition coefficient (Wildman–Crippen LogP) is 2.24. The van der Waals surface area contributed by atoms with Crippen molar-refractivity contribution < 1.29 is 4.21 Å². The van der Waals surface area contributed by atoms with Gasteiger partial charge in [0.2, 0.25) is 0 Å². The zero-order chi connectivity index (χ0) is 14.6. The van der Waals surface area contributed by atoms with Crippen LogP contribution >= 0.6 is 0 Å². The summed E-state index contributed by atoms with van der Waals surface area (Å²) >= 11 is 0. The van der Waals surface area contributed by atoms with E-state index in [4.69, 9.17) is 0 Å². The molecule has 1 heterocycles. The van der Waals surface area contributed by atoms with E-state index in [9.17, 15) is 4.21 Å². The largest absolute Gasteiger partial charge is 0.308 e. The molecule has 0 spiro atoms. The van der Waals surface area contributed by atoms with Gasteiger partial charge >= 0.3 is 0 Å². The van der Waals surface area contributed by atoms with E-state index in [1.54, 1.807) is 0 Å². The second-order valence-electron chi connectivity index (χ2n) is 6.44. The van der Waals surface area contributed by atoms with Gasteiger partial charge in [0, 0.05) is 53.5 Å². The van der Waals surface area contributed by atoms with E-state index >= 15 is 0 Å². The van der Waals surface area contributed by atoms with Gasteiger partial charge in [0.15, 0.2) is 0 Å². The molecule has 0 saturated carbocycles. The smallest absolute Gasteiger partial charge is 0.0385 e. The molecule has 0 aromatic rings. The summed E-state index contributed by atoms with van der Waals surface area (Å²) < 4.78 is 11.5. The Morgan fingerprint density at radius 2 is 1.89 bits per heavy atom. The minimum Gasteiger partial charge on any atom is -0.308 e. The van der Waals surface area contributed by atoms with Crippen molar-refractivity contribution in [1.29, 1.82) is 0 Å². The predicted molar refractivity (Wildman–Crippen MR) is 85.0 cm³/mol. The maximum atomic E-state index is 11.5. The number of hydrogen-bond acceptors (Lipinski definition) is 3. The molecule has 3 nitrogen and oxygen atoms in total. The Morgan fingerprint density at radius 3 is 2.32 bits per heavy atom. The van der Waals surface area contributed by atoms with Crippen LogP contribution in [0.1, 0.15) is 47.5 Å². The molecule has 19 heavy (non-hydrogen) atoms. The van der Waals surface area contributed by atoms with Gasteiger partial charge in [0.1, 0.15) is 0 Å². The fourth-order valence-corrected chi connectivity index (χ4v) is 4.09. The Hall–Kier alpha value is 0.0700. The lowest BCUT2D eigenvalue weighted by atomic mass is 9.85. The molecule has 3 atom stereocenters. The molecule has 0 aliphatic carbocycles. The van der Waals surface area contributed by atoms with E-state index in [0.717, 1.165) is 31.7 Å². The van der Waals surface area contributed by atoms with Crippen molar-refractivity contribution in [3.05, 3.63) is 0 Å². The number of rotatable bonds is 6. The minimum atomic E-state index is -0.716. The van der Waals surface area contributed by atoms with E-state index < -0.39 is 10.8 Å². The number of hydrogen-bond donors (Lipinski definition) is 1. The SMILES string of the molecule is CCC1(CC)CN(C(C)CS(C)=O)C(C(C)C)CN1. The molecule has 1 N–H and O–H groups in total. The summed E-state index contributed by atoms with van der Waals surface area (Å²) in [5.74, 6) is 1.42. The topological polar surface area (TPSA) is 32.3 Å². The summed E-state index contributed by atoms with van der Waals surface area (Å²) in [6, 6.07) is 0.961. The molecule has 1 fully saturated rings. The Labute approximate surface area is 122 Å². The van der Waals surface area contributed by atoms with Gasteiger partial charge in [-0.1, -0.05) is 27.7 Å². The second-order valence-corrected chi connectivity index (χ2v) is 7.92. The zero-order valence-corrected chi connectivity index (χ0v) is 14.3. The van der Waals surface area contributed by atoms with Crippen molar-refractivity contribution in [3.63, 3.8) is 0 Å². The minimum absolute atomic E-state index is 0.245. The van der Waals surface area contributed by atoms with Crippen molar-refractivity contribution in [2.45, 2.75) is 65.1 Å². The fraction of sp³-hybridized carbons (Fsp3) is 1.00. The van der Waals surface area contributed by atoms with Crippen molar-refractivity contribution in [3.8, 4) is 0 Å². The lowest BCUT2D eigenvalue weighted by Crippen LogP contribution is -2.67. The molecule has 3 unspecified atom stereocenters. The molecule has 0 radical (unpaired) electrons. The molecule has 1 saturated heterocycles. The number of piperazine rings is 1. The van der Waals surface area contributed by atoms with Crippen molar-refractivity contribution >= 4 is 10.8 Å². The molecule has 1 aliphatic heterocycles. The van der Waals surface area contributed by atoms with Gasteiger partial charge in [-0.3, -0.25) is 9.11 Å². The molecule has 0 bridgehead atoms. The van der Waals surface area contributed by atoms with Crippen LogP contribution in [0.3, 0.4) is 0 Å². The van der Waals surface area contributed by atoms with Gasteiger partial charge in [0.25, 0.3) is 0 Å². The van der Waals surface area contributed by atoms with E-state index in [-0.39, 0.29) is 5.54 Å². The molecule has 1 rings (SSSR count). The first kappa shape index (κ1) is 17.1. The van der Waals surface area contributed by atoms with Gasteiger partial charge in [-0.15, -0.1) is 0 Å². The Bertz CT molecular complexity index is 303. The molecular formula is C15H32N2OS. The summed E-state index contributed by atoms with van der Waals surface area (Å²) in [7, 11) is -0.716. The summed E-state index contributed by atoms with van der Waals surface area (Å²) in [5.41, 5.74) is 0.245. The first-order chi connectivity index (χ1) is 8.85. The van der Waals surface area contributed by atoms with Crippen LogP contribution < -0.4 is 5.32 Å². The molecular weight excluding hydrogens is 256 g/mol. The average molecular weight is 289 g/mol. The van der Waals surface area contributed by atoms with Gasteiger partial charge in [-0.2, -0.15) is 0 Å². The van der Waals surface area contributed by atoms with Crippen molar-refractivity contribution in [2.75, 3.05) is 25.1 Å². The van der Waals surface area contributed by atoms with Gasteiger partial charge < -0.3 is 5.32 Å². The molecule has 0 amide bonds. The van der Waals surface area contributed by atoms with Crippen LogP contribution in [0, 0.1) is 5.92 Å². The highest BCUT2D eigenvalue weighted by atomic mass is 32.2. The molecule has 0 aromatic heterocycles. The molecule has 4 heteroatoms. The van der Waals surface area contributed by atoms with E-state index in [1.165, 1.54) is 0 Å². The first-order valence-corrected chi connectivity index (χ1v) is 9.38. The fourth-order valence-electron chi connectivity index (χ4n) is 3.22. The maximum Gasteiger partial charge on any atom is 0.0385 e. The van der Waals surface area contributed by atoms with E-state index in [0.29, 0.717) is 18.0 Å². The highest BCUT2D eigenvalue weighted by Crippen LogP contribution is 2.27. The lowest BCUT2D eigenvalue weighted by molar-refractivity contribution is 0.0285. The normalized spacial score (nSPS) is 27.4. The van der Waals surface area contributed by atoms with Gasteiger partial charge in [0.05, 0.1) is 0 Å². The third-order valence-electron chi connectivity index (χ3n) is 4.76. The lowest BCUT2D eigenvalue weighted by Gasteiger charge is -2.51. The first-order valence-electron chi connectivity index (χ1n) is 7.66. The summed E-state index contributed by atoms with van der Waals surface area (Å²) in [6.45, 7) is 13.5.